The number of amides is 1. The summed E-state index contributed by atoms with van der Waals surface area (Å²) in [4.78, 5) is 14.2. The van der Waals surface area contributed by atoms with Crippen molar-refractivity contribution in [1.29, 1.82) is 0 Å². The molecule has 1 fully saturated rings. The molecule has 1 saturated heterocycles. The number of benzene rings is 1. The Morgan fingerprint density at radius 1 is 1.42 bits per heavy atom. The van der Waals surface area contributed by atoms with Gasteiger partial charge >= 0.3 is 0 Å². The Kier molecular flexibility index (Phi) is 4.87. The van der Waals surface area contributed by atoms with Crippen LogP contribution in [0.4, 0.5) is 4.39 Å². The number of carbonyl (C=O) groups excluding carboxylic acids is 1. The molecule has 0 aromatic heterocycles. The number of carbonyl (C=O) groups is 1. The molecule has 2 rings (SSSR count). The topological polar surface area (TPSA) is 44.4 Å². The van der Waals surface area contributed by atoms with Crippen LogP contribution in [0, 0.1) is 12.7 Å². The first-order chi connectivity index (χ1) is 9.18. The predicted molar refractivity (Wildman–Crippen MR) is 72.8 cm³/mol. The fourth-order valence-corrected chi connectivity index (χ4v) is 2.18. The molecule has 1 aromatic rings. The Balaban J connectivity index is 1.82. The molecule has 0 unspecified atom stereocenters. The van der Waals surface area contributed by atoms with E-state index in [4.69, 9.17) is 0 Å². The summed E-state index contributed by atoms with van der Waals surface area (Å²) in [5.41, 5.74) is 0.620. The number of hydrogen-bond donors (Lipinski definition) is 2. The second kappa shape index (κ2) is 6.63. The molecule has 104 valence electrons. The Morgan fingerprint density at radius 2 is 2.16 bits per heavy atom. The third-order valence-corrected chi connectivity index (χ3v) is 3.36. The molecule has 0 atom stereocenters. The van der Waals surface area contributed by atoms with Crippen molar-refractivity contribution < 1.29 is 9.18 Å². The number of rotatable bonds is 4. The molecule has 4 nitrogen and oxygen atoms in total. The normalized spacial score (nSPS) is 16.3. The first kappa shape index (κ1) is 14.0. The minimum absolute atomic E-state index is 0.125. The van der Waals surface area contributed by atoms with Gasteiger partial charge in [-0.3, -0.25) is 9.69 Å². The summed E-state index contributed by atoms with van der Waals surface area (Å²) in [5.74, 6) is -0.765. The van der Waals surface area contributed by atoms with Crippen LogP contribution in [0.25, 0.3) is 0 Å². The number of halogens is 1. The monoisotopic (exact) mass is 265 g/mol. The maximum absolute atomic E-state index is 13.8. The lowest BCUT2D eigenvalue weighted by Crippen LogP contribution is -2.46. The average molecular weight is 265 g/mol. The fraction of sp³-hybridized carbons (Fsp3) is 0.500. The molecule has 1 aliphatic heterocycles. The highest BCUT2D eigenvalue weighted by Gasteiger charge is 2.13. The third-order valence-electron chi connectivity index (χ3n) is 3.36. The van der Waals surface area contributed by atoms with Crippen LogP contribution in [0.2, 0.25) is 0 Å². The van der Waals surface area contributed by atoms with Gasteiger partial charge in [-0.1, -0.05) is 12.1 Å². The molecular weight excluding hydrogens is 245 g/mol. The Morgan fingerprint density at radius 3 is 2.89 bits per heavy atom. The van der Waals surface area contributed by atoms with E-state index in [1.807, 2.05) is 0 Å². The maximum Gasteiger partial charge on any atom is 0.254 e. The third kappa shape index (κ3) is 3.75. The van der Waals surface area contributed by atoms with Gasteiger partial charge in [-0.15, -0.1) is 0 Å². The molecule has 2 N–H and O–H groups in total. The molecule has 0 saturated carbocycles. The number of hydrogen-bond acceptors (Lipinski definition) is 3. The standard InChI is InChI=1S/C14H20FN3O/c1-11-3-2-4-12(13(11)15)14(19)17-7-10-18-8-5-16-6-9-18/h2-4,16H,5-10H2,1H3,(H,17,19). The predicted octanol–water partition coefficient (Wildman–Crippen LogP) is 0.769. The summed E-state index contributed by atoms with van der Waals surface area (Å²) in [6, 6.07) is 4.87. The van der Waals surface area contributed by atoms with E-state index in [1.54, 1.807) is 19.1 Å². The van der Waals surface area contributed by atoms with Crippen LogP contribution in [0.3, 0.4) is 0 Å². The summed E-state index contributed by atoms with van der Waals surface area (Å²) < 4.78 is 13.8. The molecule has 19 heavy (non-hydrogen) atoms. The molecule has 0 bridgehead atoms. The fourth-order valence-electron chi connectivity index (χ4n) is 2.18. The van der Waals surface area contributed by atoms with Gasteiger partial charge in [0.15, 0.2) is 0 Å². The van der Waals surface area contributed by atoms with Gasteiger partial charge in [-0.05, 0) is 18.6 Å². The van der Waals surface area contributed by atoms with E-state index >= 15 is 0 Å². The van der Waals surface area contributed by atoms with Gasteiger partial charge in [0, 0.05) is 39.3 Å². The second-order valence-electron chi connectivity index (χ2n) is 4.78. The van der Waals surface area contributed by atoms with E-state index in [2.05, 4.69) is 15.5 Å². The van der Waals surface area contributed by atoms with Gasteiger partial charge in [0.25, 0.3) is 5.91 Å². The lowest BCUT2D eigenvalue weighted by atomic mass is 10.1. The van der Waals surface area contributed by atoms with Crippen molar-refractivity contribution >= 4 is 5.91 Å². The van der Waals surface area contributed by atoms with Crippen molar-refractivity contribution in [1.82, 2.24) is 15.5 Å². The quantitative estimate of drug-likeness (QED) is 0.845. The molecule has 1 heterocycles. The van der Waals surface area contributed by atoms with Gasteiger partial charge in [0.1, 0.15) is 5.82 Å². The van der Waals surface area contributed by atoms with Gasteiger partial charge in [0.05, 0.1) is 5.56 Å². The Labute approximate surface area is 113 Å². The van der Waals surface area contributed by atoms with E-state index < -0.39 is 5.82 Å². The van der Waals surface area contributed by atoms with Crippen molar-refractivity contribution in [3.8, 4) is 0 Å². The first-order valence-corrected chi connectivity index (χ1v) is 6.65. The van der Waals surface area contributed by atoms with Crippen LogP contribution < -0.4 is 10.6 Å². The van der Waals surface area contributed by atoms with Crippen molar-refractivity contribution in [2.24, 2.45) is 0 Å². The minimum atomic E-state index is -0.429. The van der Waals surface area contributed by atoms with Crippen LogP contribution in [0.5, 0.6) is 0 Å². The van der Waals surface area contributed by atoms with Crippen LogP contribution in [-0.4, -0.2) is 50.1 Å². The highest BCUT2D eigenvalue weighted by Crippen LogP contribution is 2.11. The molecule has 0 radical (unpaired) electrons. The lowest BCUT2D eigenvalue weighted by molar-refractivity contribution is 0.0943. The molecule has 0 spiro atoms. The molecule has 5 heteroatoms. The highest BCUT2D eigenvalue weighted by molar-refractivity contribution is 5.94. The summed E-state index contributed by atoms with van der Waals surface area (Å²) in [6.07, 6.45) is 0. The SMILES string of the molecule is Cc1cccc(C(=O)NCCN2CCNCC2)c1F. The van der Waals surface area contributed by atoms with Gasteiger partial charge in [-0.2, -0.15) is 0 Å². The minimum Gasteiger partial charge on any atom is -0.351 e. The number of piperazine rings is 1. The van der Waals surface area contributed by atoms with Crippen LogP contribution in [-0.2, 0) is 0 Å². The lowest BCUT2D eigenvalue weighted by Gasteiger charge is -2.27. The van der Waals surface area contributed by atoms with E-state index in [9.17, 15) is 9.18 Å². The van der Waals surface area contributed by atoms with E-state index in [0.29, 0.717) is 12.1 Å². The number of nitrogens with one attached hydrogen (secondary N) is 2. The molecule has 1 aliphatic rings. The molecular formula is C14H20FN3O. The second-order valence-corrected chi connectivity index (χ2v) is 4.78. The zero-order chi connectivity index (χ0) is 13.7. The maximum atomic E-state index is 13.8. The number of aryl methyl sites for hydroxylation is 1. The molecule has 1 aromatic carbocycles. The number of nitrogens with zero attached hydrogens (tertiary/aromatic N) is 1. The molecule has 1 amide bonds. The summed E-state index contributed by atoms with van der Waals surface area (Å²) >= 11 is 0. The molecule has 0 aliphatic carbocycles. The largest absolute Gasteiger partial charge is 0.351 e. The van der Waals surface area contributed by atoms with Crippen LogP contribution in [0.1, 0.15) is 15.9 Å². The van der Waals surface area contributed by atoms with Crippen molar-refractivity contribution in [3.05, 3.63) is 35.1 Å². The van der Waals surface area contributed by atoms with Crippen molar-refractivity contribution in [2.75, 3.05) is 39.3 Å². The van der Waals surface area contributed by atoms with Gasteiger partial charge < -0.3 is 10.6 Å². The zero-order valence-corrected chi connectivity index (χ0v) is 11.2. The van der Waals surface area contributed by atoms with E-state index in [-0.39, 0.29) is 11.5 Å². The summed E-state index contributed by atoms with van der Waals surface area (Å²) in [5, 5.41) is 6.05. The average Bonchev–Trinajstić information content (AvgIpc) is 2.43. The smallest absolute Gasteiger partial charge is 0.254 e. The van der Waals surface area contributed by atoms with E-state index in [0.717, 1.165) is 32.7 Å². The van der Waals surface area contributed by atoms with Crippen LogP contribution >= 0.6 is 0 Å². The summed E-state index contributed by atoms with van der Waals surface area (Å²) in [6.45, 7) is 6.98. The van der Waals surface area contributed by atoms with Gasteiger partial charge in [0.2, 0.25) is 0 Å². The Bertz CT molecular complexity index is 444. The first-order valence-electron chi connectivity index (χ1n) is 6.65. The van der Waals surface area contributed by atoms with E-state index in [1.165, 1.54) is 6.07 Å². The van der Waals surface area contributed by atoms with Gasteiger partial charge in [-0.25, -0.2) is 4.39 Å². The zero-order valence-electron chi connectivity index (χ0n) is 11.2. The Hall–Kier alpha value is -1.46. The summed E-state index contributed by atoms with van der Waals surface area (Å²) in [7, 11) is 0. The van der Waals surface area contributed by atoms with Crippen molar-refractivity contribution in [2.45, 2.75) is 6.92 Å². The van der Waals surface area contributed by atoms with Crippen molar-refractivity contribution in [3.63, 3.8) is 0 Å². The highest BCUT2D eigenvalue weighted by atomic mass is 19.1. The van der Waals surface area contributed by atoms with Crippen LogP contribution in [0.15, 0.2) is 18.2 Å².